The van der Waals surface area contributed by atoms with Crippen molar-refractivity contribution >= 4 is 17.5 Å². The summed E-state index contributed by atoms with van der Waals surface area (Å²) < 4.78 is 11.3. The van der Waals surface area contributed by atoms with Crippen LogP contribution < -0.4 is 10.2 Å². The molecule has 37 heavy (non-hydrogen) atoms. The van der Waals surface area contributed by atoms with Crippen LogP contribution in [-0.4, -0.2) is 34.4 Å². The highest BCUT2D eigenvalue weighted by Gasteiger charge is 2.49. The molecule has 2 fully saturated rings. The SMILES string of the molecule is C=C(O)C1(c2ccc(N3CCC(c4onc(C)c4NC(=O)O[C@H](C)c4ccccc4)CC3)c(C)n2)CC1.[HH].[HH]. The fraction of sp³-hybridized carbons (Fsp3) is 0.414. The number of nitrogens with one attached hydrogen (secondary N) is 1. The predicted molar refractivity (Wildman–Crippen MR) is 146 cm³/mol. The maximum atomic E-state index is 12.7. The first-order valence-electron chi connectivity index (χ1n) is 12.9. The first-order valence-corrected chi connectivity index (χ1v) is 12.9. The highest BCUT2D eigenvalue weighted by atomic mass is 16.6. The second-order valence-electron chi connectivity index (χ2n) is 10.2. The molecule has 2 aromatic heterocycles. The molecule has 0 radical (unpaired) electrons. The van der Waals surface area contributed by atoms with Gasteiger partial charge in [0.05, 0.1) is 28.2 Å². The van der Waals surface area contributed by atoms with Crippen molar-refractivity contribution in [1.82, 2.24) is 10.1 Å². The predicted octanol–water partition coefficient (Wildman–Crippen LogP) is 6.98. The van der Waals surface area contributed by atoms with Crippen molar-refractivity contribution in [3.8, 4) is 0 Å². The minimum atomic E-state index is -0.526. The van der Waals surface area contributed by atoms with E-state index in [0.29, 0.717) is 17.1 Å². The fourth-order valence-electron chi connectivity index (χ4n) is 5.26. The van der Waals surface area contributed by atoms with Crippen LogP contribution in [0.4, 0.5) is 16.2 Å². The van der Waals surface area contributed by atoms with Gasteiger partial charge in [0.15, 0.2) is 5.76 Å². The van der Waals surface area contributed by atoms with Crippen LogP contribution in [0.15, 0.2) is 59.3 Å². The van der Waals surface area contributed by atoms with Crippen molar-refractivity contribution < 1.29 is 22.0 Å². The topological polar surface area (TPSA) is 101 Å². The van der Waals surface area contributed by atoms with Crippen LogP contribution in [0.5, 0.6) is 0 Å². The summed E-state index contributed by atoms with van der Waals surface area (Å²) in [5.74, 6) is 1.04. The second kappa shape index (κ2) is 9.92. The summed E-state index contributed by atoms with van der Waals surface area (Å²) in [6.07, 6.45) is 2.61. The van der Waals surface area contributed by atoms with Gasteiger partial charge < -0.3 is 19.3 Å². The molecule has 198 valence electrons. The van der Waals surface area contributed by atoms with Gasteiger partial charge in [0.1, 0.15) is 17.5 Å². The Morgan fingerprint density at radius 1 is 1.19 bits per heavy atom. The minimum absolute atomic E-state index is 0. The third-order valence-electron chi connectivity index (χ3n) is 7.73. The Bertz CT molecular complexity index is 1300. The number of allylic oxidation sites excluding steroid dienone is 1. The van der Waals surface area contributed by atoms with Crippen molar-refractivity contribution in [3.63, 3.8) is 0 Å². The molecule has 8 heteroatoms. The van der Waals surface area contributed by atoms with E-state index >= 15 is 0 Å². The standard InChI is InChI=1S/C29H34N4O4.2H2/c1-18-24(10-11-25(30-18)29(14-15-29)21(4)34)33-16-12-23(13-17-33)27-26(19(2)32-37-27)31-28(35)36-20(3)22-8-6-5-7-9-22;;/h5-11,20,23,34H,4,12-17H2,1-3H3,(H,31,35);2*1H/t20-;;/m1../s1. The summed E-state index contributed by atoms with van der Waals surface area (Å²) in [6, 6.07) is 13.8. The van der Waals surface area contributed by atoms with Gasteiger partial charge in [-0.1, -0.05) is 42.1 Å². The number of aryl methyl sites for hydroxylation is 2. The molecule has 1 saturated heterocycles. The van der Waals surface area contributed by atoms with Crippen LogP contribution in [0.2, 0.25) is 0 Å². The summed E-state index contributed by atoms with van der Waals surface area (Å²) in [5.41, 5.74) is 4.77. The quantitative estimate of drug-likeness (QED) is 0.334. The van der Waals surface area contributed by atoms with Crippen LogP contribution in [0.1, 0.15) is 75.9 Å². The number of hydrogen-bond donors (Lipinski definition) is 2. The maximum absolute atomic E-state index is 12.7. The van der Waals surface area contributed by atoms with E-state index in [1.807, 2.05) is 57.2 Å². The lowest BCUT2D eigenvalue weighted by molar-refractivity contribution is 0.121. The molecule has 5 rings (SSSR count). The zero-order valence-corrected chi connectivity index (χ0v) is 21.7. The van der Waals surface area contributed by atoms with Crippen LogP contribution >= 0.6 is 0 Å². The number of carbonyl (C=O) groups is 1. The zero-order valence-electron chi connectivity index (χ0n) is 21.7. The Balaban J connectivity index is 0.00000210. The number of aliphatic hydroxyl groups is 1. The van der Waals surface area contributed by atoms with Gasteiger partial charge in [0, 0.05) is 21.9 Å². The Morgan fingerprint density at radius 3 is 2.51 bits per heavy atom. The van der Waals surface area contributed by atoms with E-state index < -0.39 is 6.09 Å². The largest absolute Gasteiger partial charge is 0.512 e. The first-order chi connectivity index (χ1) is 17.8. The average Bonchev–Trinajstić information content (AvgIpc) is 3.64. The van der Waals surface area contributed by atoms with Crippen LogP contribution in [0.25, 0.3) is 0 Å². The molecule has 1 aromatic carbocycles. The Labute approximate surface area is 220 Å². The third kappa shape index (κ3) is 4.92. The molecule has 1 saturated carbocycles. The molecule has 3 heterocycles. The van der Waals surface area contributed by atoms with Crippen LogP contribution in [-0.2, 0) is 10.2 Å². The Morgan fingerprint density at radius 2 is 1.89 bits per heavy atom. The smallest absolute Gasteiger partial charge is 0.412 e. The molecule has 1 amide bonds. The van der Waals surface area contributed by atoms with Gasteiger partial charge in [-0.3, -0.25) is 10.3 Å². The summed E-state index contributed by atoms with van der Waals surface area (Å²) in [6.45, 7) is 11.1. The number of ether oxygens (including phenoxy) is 1. The molecule has 2 aliphatic rings. The van der Waals surface area contributed by atoms with Gasteiger partial charge in [-0.25, -0.2) is 4.79 Å². The number of carbonyl (C=O) groups excluding carboxylic acids is 1. The number of benzene rings is 1. The Kier molecular flexibility index (Phi) is 6.67. The van der Waals surface area contributed by atoms with Crippen LogP contribution in [0, 0.1) is 13.8 Å². The van der Waals surface area contributed by atoms with E-state index in [1.54, 1.807) is 0 Å². The molecule has 1 atom stereocenters. The van der Waals surface area contributed by atoms with Gasteiger partial charge in [-0.05, 0) is 64.2 Å². The third-order valence-corrected chi connectivity index (χ3v) is 7.73. The highest BCUT2D eigenvalue weighted by molar-refractivity contribution is 5.86. The number of nitrogens with zero attached hydrogens (tertiary/aromatic N) is 3. The molecule has 3 aromatic rings. The van der Waals surface area contributed by atoms with E-state index in [1.165, 1.54) is 0 Å². The molecular formula is C29H38N4O4. The number of aliphatic hydroxyl groups excluding tert-OH is 1. The van der Waals surface area contributed by atoms with E-state index in [2.05, 4.69) is 28.0 Å². The molecular weight excluding hydrogens is 468 g/mol. The van der Waals surface area contributed by atoms with E-state index in [9.17, 15) is 9.90 Å². The lowest BCUT2D eigenvalue weighted by atomic mass is 9.92. The fourth-order valence-corrected chi connectivity index (χ4v) is 5.26. The van der Waals surface area contributed by atoms with Gasteiger partial charge in [0.2, 0.25) is 0 Å². The van der Waals surface area contributed by atoms with Crippen molar-refractivity contribution in [2.75, 3.05) is 23.3 Å². The summed E-state index contributed by atoms with van der Waals surface area (Å²) in [5, 5.41) is 17.0. The molecule has 1 aliphatic heterocycles. The molecule has 0 unspecified atom stereocenters. The minimum Gasteiger partial charge on any atom is -0.512 e. The number of aromatic nitrogens is 2. The van der Waals surface area contributed by atoms with Crippen molar-refractivity contribution in [2.24, 2.45) is 0 Å². The molecule has 0 spiro atoms. The van der Waals surface area contributed by atoms with Gasteiger partial charge in [-0.15, -0.1) is 0 Å². The lowest BCUT2D eigenvalue weighted by Gasteiger charge is -2.33. The number of amides is 1. The highest BCUT2D eigenvalue weighted by Crippen LogP contribution is 2.52. The normalized spacial score (nSPS) is 17.8. The number of hydrogen-bond acceptors (Lipinski definition) is 7. The number of piperidine rings is 1. The van der Waals surface area contributed by atoms with Crippen LogP contribution in [0.3, 0.4) is 0 Å². The van der Waals surface area contributed by atoms with E-state index in [0.717, 1.165) is 61.4 Å². The number of rotatable bonds is 7. The maximum Gasteiger partial charge on any atom is 0.412 e. The van der Waals surface area contributed by atoms with E-state index in [4.69, 9.17) is 14.2 Å². The number of anilines is 2. The summed E-state index contributed by atoms with van der Waals surface area (Å²) >= 11 is 0. The second-order valence-corrected chi connectivity index (χ2v) is 10.2. The number of pyridine rings is 1. The average molecular weight is 507 g/mol. The van der Waals surface area contributed by atoms with E-state index in [-0.39, 0.29) is 26.0 Å². The molecule has 0 bridgehead atoms. The van der Waals surface area contributed by atoms with Gasteiger partial charge in [0.25, 0.3) is 0 Å². The molecule has 8 nitrogen and oxygen atoms in total. The molecule has 2 N–H and O–H groups in total. The van der Waals surface area contributed by atoms with Crippen molar-refractivity contribution in [3.05, 3.63) is 83.2 Å². The van der Waals surface area contributed by atoms with Crippen molar-refractivity contribution in [2.45, 2.75) is 63.9 Å². The van der Waals surface area contributed by atoms with Gasteiger partial charge in [-0.2, -0.15) is 0 Å². The summed E-state index contributed by atoms with van der Waals surface area (Å²) in [4.78, 5) is 19.8. The van der Waals surface area contributed by atoms with Gasteiger partial charge >= 0.3 is 6.09 Å². The first kappa shape index (κ1) is 24.9. The molecule has 1 aliphatic carbocycles. The summed E-state index contributed by atoms with van der Waals surface area (Å²) in [7, 11) is 0. The Hall–Kier alpha value is -3.81. The lowest BCUT2D eigenvalue weighted by Crippen LogP contribution is -2.34. The van der Waals surface area contributed by atoms with Crippen molar-refractivity contribution in [1.29, 1.82) is 0 Å². The zero-order chi connectivity index (χ0) is 26.2. The monoisotopic (exact) mass is 506 g/mol.